The van der Waals surface area contributed by atoms with Crippen molar-refractivity contribution in [3.05, 3.63) is 0 Å². The van der Waals surface area contributed by atoms with Gasteiger partial charge in [0.25, 0.3) is 0 Å². The average molecular weight is 315 g/mol. The number of carbonyl (C=O) groups is 2. The van der Waals surface area contributed by atoms with E-state index in [-0.39, 0.29) is 0 Å². The number of carbonyl (C=O) groups excluding carboxylic acids is 2. The number of nitrogens with one attached hydrogen (secondary N) is 2. The SMILES string of the molecule is O=C(CCl)NCOOS(=O)(=O)NC(=O)C(F)(F)F. The van der Waals surface area contributed by atoms with E-state index in [0.29, 0.717) is 4.72 Å². The van der Waals surface area contributed by atoms with Crippen molar-refractivity contribution in [2.45, 2.75) is 6.18 Å². The fourth-order valence-corrected chi connectivity index (χ4v) is 1.08. The molecule has 13 heteroatoms. The summed E-state index contributed by atoms with van der Waals surface area (Å²) in [5, 5.41) is 1.87. The molecule has 0 spiro atoms. The second-order valence-electron chi connectivity index (χ2n) is 2.45. The fourth-order valence-electron chi connectivity index (χ4n) is 0.433. The summed E-state index contributed by atoms with van der Waals surface area (Å²) < 4.78 is 60.4. The van der Waals surface area contributed by atoms with Gasteiger partial charge in [-0.1, -0.05) is 4.33 Å². The fraction of sp³-hybridized carbons (Fsp3) is 0.600. The summed E-state index contributed by atoms with van der Waals surface area (Å²) in [5.41, 5.74) is 0. The van der Waals surface area contributed by atoms with Crippen molar-refractivity contribution in [1.82, 2.24) is 10.0 Å². The van der Waals surface area contributed by atoms with E-state index in [0.717, 1.165) is 0 Å². The lowest BCUT2D eigenvalue weighted by atomic mass is 10.6. The van der Waals surface area contributed by atoms with Crippen molar-refractivity contribution in [2.24, 2.45) is 0 Å². The first-order chi connectivity index (χ1) is 8.08. The monoisotopic (exact) mass is 314 g/mol. The molecular formula is C5H6ClF3N2O6S. The van der Waals surface area contributed by atoms with E-state index < -0.39 is 40.9 Å². The molecule has 18 heavy (non-hydrogen) atoms. The summed E-state index contributed by atoms with van der Waals surface area (Å²) >= 11 is 5.03. The highest BCUT2D eigenvalue weighted by molar-refractivity contribution is 7.85. The number of hydrogen-bond acceptors (Lipinski definition) is 6. The molecule has 2 N–H and O–H groups in total. The Hall–Kier alpha value is -1.11. The molecule has 0 saturated carbocycles. The zero-order valence-corrected chi connectivity index (χ0v) is 9.86. The second-order valence-corrected chi connectivity index (χ2v) is 3.96. The van der Waals surface area contributed by atoms with E-state index in [1.807, 2.05) is 5.32 Å². The van der Waals surface area contributed by atoms with Crippen LogP contribution in [0, 0.1) is 0 Å². The van der Waals surface area contributed by atoms with Crippen LogP contribution in [0.2, 0.25) is 0 Å². The van der Waals surface area contributed by atoms with Crippen LogP contribution in [0.15, 0.2) is 0 Å². The van der Waals surface area contributed by atoms with Gasteiger partial charge in [0.2, 0.25) is 5.91 Å². The van der Waals surface area contributed by atoms with Gasteiger partial charge in [-0.15, -0.1) is 11.6 Å². The number of rotatable bonds is 6. The van der Waals surface area contributed by atoms with Gasteiger partial charge in [0.15, 0.2) is 6.73 Å². The third-order valence-corrected chi connectivity index (χ3v) is 2.02. The van der Waals surface area contributed by atoms with Crippen molar-refractivity contribution in [3.63, 3.8) is 0 Å². The molecule has 0 heterocycles. The van der Waals surface area contributed by atoms with E-state index in [1.165, 1.54) is 0 Å². The first-order valence-electron chi connectivity index (χ1n) is 3.86. The first kappa shape index (κ1) is 16.9. The quantitative estimate of drug-likeness (QED) is 0.218. The van der Waals surface area contributed by atoms with E-state index in [2.05, 4.69) is 9.22 Å². The molecule has 0 aromatic heterocycles. The van der Waals surface area contributed by atoms with Crippen molar-refractivity contribution in [2.75, 3.05) is 12.6 Å². The maximum Gasteiger partial charge on any atom is 0.472 e. The summed E-state index contributed by atoms with van der Waals surface area (Å²) in [6.45, 7) is -0.799. The molecule has 0 aliphatic heterocycles. The topological polar surface area (TPSA) is 111 Å². The lowest BCUT2D eigenvalue weighted by Gasteiger charge is -2.08. The standard InChI is InChI=1S/C5H6ClF3N2O6S/c6-1-3(12)10-2-16-17-18(14,15)11-4(13)5(7,8)9/h1-2H2,(H,10,12)(H,11,13). The summed E-state index contributed by atoms with van der Waals surface area (Å²) in [6, 6.07) is 0. The Balaban J connectivity index is 4.10. The Morgan fingerprint density at radius 2 is 1.83 bits per heavy atom. The number of alkyl halides is 4. The lowest BCUT2D eigenvalue weighted by molar-refractivity contribution is -0.209. The molecule has 0 atom stereocenters. The van der Waals surface area contributed by atoms with Crippen LogP contribution in [0.5, 0.6) is 0 Å². The van der Waals surface area contributed by atoms with Gasteiger partial charge in [0, 0.05) is 0 Å². The number of halogens is 4. The highest BCUT2D eigenvalue weighted by atomic mass is 35.5. The molecule has 0 rings (SSSR count). The molecule has 0 aliphatic carbocycles. The van der Waals surface area contributed by atoms with Gasteiger partial charge >= 0.3 is 22.4 Å². The highest BCUT2D eigenvalue weighted by Crippen LogP contribution is 2.14. The Labute approximate surface area is 104 Å². The average Bonchev–Trinajstić information content (AvgIpc) is 2.22. The van der Waals surface area contributed by atoms with Gasteiger partial charge in [-0.05, 0) is 0 Å². The van der Waals surface area contributed by atoms with Gasteiger partial charge in [0.1, 0.15) is 5.88 Å². The molecule has 106 valence electrons. The zero-order chi connectivity index (χ0) is 14.4. The normalized spacial score (nSPS) is 12.0. The molecule has 0 saturated heterocycles. The van der Waals surface area contributed by atoms with Crippen LogP contribution in [-0.4, -0.2) is 39.0 Å². The van der Waals surface area contributed by atoms with Crippen molar-refractivity contribution >= 4 is 33.7 Å². The lowest BCUT2D eigenvalue weighted by Crippen LogP contribution is -2.41. The predicted octanol–water partition coefficient (Wildman–Crippen LogP) is -0.830. The molecule has 0 aliphatic rings. The van der Waals surface area contributed by atoms with E-state index in [9.17, 15) is 31.2 Å². The Morgan fingerprint density at radius 3 is 2.28 bits per heavy atom. The smallest absolute Gasteiger partial charge is 0.330 e. The molecule has 0 aromatic carbocycles. The van der Waals surface area contributed by atoms with Gasteiger partial charge < -0.3 is 5.32 Å². The summed E-state index contributed by atoms with van der Waals surface area (Å²) in [7, 11) is -5.09. The summed E-state index contributed by atoms with van der Waals surface area (Å²) in [4.78, 5) is 24.6. The van der Waals surface area contributed by atoms with E-state index >= 15 is 0 Å². The Morgan fingerprint density at radius 1 is 1.28 bits per heavy atom. The molecule has 0 bridgehead atoms. The maximum atomic E-state index is 11.7. The van der Waals surface area contributed by atoms with Crippen LogP contribution in [0.4, 0.5) is 13.2 Å². The van der Waals surface area contributed by atoms with Crippen molar-refractivity contribution in [1.29, 1.82) is 0 Å². The van der Waals surface area contributed by atoms with Crippen LogP contribution in [0.3, 0.4) is 0 Å². The van der Waals surface area contributed by atoms with Crippen LogP contribution in [-0.2, 0) is 29.1 Å². The van der Waals surface area contributed by atoms with Crippen LogP contribution < -0.4 is 10.0 Å². The third-order valence-electron chi connectivity index (χ3n) is 1.06. The van der Waals surface area contributed by atoms with Crippen LogP contribution in [0.25, 0.3) is 0 Å². The van der Waals surface area contributed by atoms with Crippen molar-refractivity contribution < 1.29 is 40.4 Å². The van der Waals surface area contributed by atoms with Gasteiger partial charge in [-0.2, -0.15) is 26.5 Å². The largest absolute Gasteiger partial charge is 0.472 e. The Bertz CT molecular complexity index is 410. The minimum absolute atomic E-state index is 0.444. The number of amides is 2. The third kappa shape index (κ3) is 7.26. The second kappa shape index (κ2) is 6.72. The first-order valence-corrected chi connectivity index (χ1v) is 5.80. The predicted molar refractivity (Wildman–Crippen MR) is 49.0 cm³/mol. The molecule has 2 amide bonds. The van der Waals surface area contributed by atoms with Crippen LogP contribution in [0.1, 0.15) is 0 Å². The van der Waals surface area contributed by atoms with E-state index in [1.54, 1.807) is 0 Å². The minimum Gasteiger partial charge on any atom is -0.330 e. The Kier molecular flexibility index (Phi) is 6.31. The van der Waals surface area contributed by atoms with Gasteiger partial charge in [-0.25, -0.2) is 4.72 Å². The van der Waals surface area contributed by atoms with Gasteiger partial charge in [0.05, 0.1) is 0 Å². The van der Waals surface area contributed by atoms with Crippen LogP contribution >= 0.6 is 11.6 Å². The van der Waals surface area contributed by atoms with Gasteiger partial charge in [-0.3, -0.25) is 9.59 Å². The molecule has 0 radical (unpaired) electrons. The highest BCUT2D eigenvalue weighted by Gasteiger charge is 2.41. The maximum absolute atomic E-state index is 11.7. The molecule has 0 unspecified atom stereocenters. The minimum atomic E-state index is -5.40. The molecule has 0 aromatic rings. The van der Waals surface area contributed by atoms with E-state index in [4.69, 9.17) is 11.6 Å². The van der Waals surface area contributed by atoms with Crippen molar-refractivity contribution in [3.8, 4) is 0 Å². The molecule has 8 nitrogen and oxygen atoms in total. The zero-order valence-electron chi connectivity index (χ0n) is 8.28. The summed E-state index contributed by atoms with van der Waals surface area (Å²) in [6.07, 6.45) is -5.40. The number of hydrogen-bond donors (Lipinski definition) is 2. The molecular weight excluding hydrogens is 309 g/mol. The molecule has 0 fully saturated rings. The summed E-state index contributed by atoms with van der Waals surface area (Å²) in [5.74, 6) is -3.94.